The summed E-state index contributed by atoms with van der Waals surface area (Å²) in [6, 6.07) is 1.66. The standard InChI is InChI=1S/C20H29N3O4/c24-19(21-11-14-7-8-14)18-10-17(27-22-18)13-23(12-16-6-3-9-26-16)20(25)15-4-1-2-5-15/h10,14-16H,1-9,11-13H2,(H,21,24). The summed E-state index contributed by atoms with van der Waals surface area (Å²) in [6.45, 7) is 2.40. The van der Waals surface area contributed by atoms with E-state index < -0.39 is 0 Å². The van der Waals surface area contributed by atoms with Gasteiger partial charge >= 0.3 is 0 Å². The molecular weight excluding hydrogens is 346 g/mol. The molecule has 3 aliphatic rings. The number of hydrogen-bond donors (Lipinski definition) is 1. The average molecular weight is 375 g/mol. The van der Waals surface area contributed by atoms with Gasteiger partial charge < -0.3 is 19.5 Å². The van der Waals surface area contributed by atoms with Gasteiger partial charge in [0.1, 0.15) is 0 Å². The SMILES string of the molecule is O=C(NCC1CC1)c1cc(CN(CC2CCCO2)C(=O)C2CCCC2)on1. The maximum absolute atomic E-state index is 13.0. The summed E-state index contributed by atoms with van der Waals surface area (Å²) >= 11 is 0. The van der Waals surface area contributed by atoms with E-state index in [9.17, 15) is 9.59 Å². The van der Waals surface area contributed by atoms with Crippen molar-refractivity contribution >= 4 is 11.8 Å². The molecule has 7 heteroatoms. The second-order valence-corrected chi connectivity index (χ2v) is 8.17. The molecular formula is C20H29N3O4. The first-order chi connectivity index (χ1) is 13.2. The van der Waals surface area contributed by atoms with Gasteiger partial charge in [0.2, 0.25) is 5.91 Å². The van der Waals surface area contributed by atoms with Crippen LogP contribution in [0.3, 0.4) is 0 Å². The molecule has 3 fully saturated rings. The third-order valence-corrected chi connectivity index (χ3v) is 5.85. The lowest BCUT2D eigenvalue weighted by atomic mass is 10.1. The number of aromatic nitrogens is 1. The van der Waals surface area contributed by atoms with Crippen LogP contribution in [0.1, 0.15) is 67.6 Å². The van der Waals surface area contributed by atoms with Crippen LogP contribution in [-0.2, 0) is 16.1 Å². The Morgan fingerprint density at radius 1 is 1.15 bits per heavy atom. The van der Waals surface area contributed by atoms with E-state index >= 15 is 0 Å². The van der Waals surface area contributed by atoms with Crippen LogP contribution in [0.5, 0.6) is 0 Å². The van der Waals surface area contributed by atoms with Gasteiger partial charge in [-0.25, -0.2) is 0 Å². The fourth-order valence-corrected chi connectivity index (χ4v) is 4.03. The molecule has 1 aromatic heterocycles. The average Bonchev–Trinajstić information content (AvgIpc) is 3.13. The highest BCUT2D eigenvalue weighted by atomic mass is 16.5. The highest BCUT2D eigenvalue weighted by Crippen LogP contribution is 2.29. The Hall–Kier alpha value is -1.89. The molecule has 2 amide bonds. The van der Waals surface area contributed by atoms with E-state index in [0.717, 1.165) is 45.1 Å². The van der Waals surface area contributed by atoms with E-state index in [1.807, 2.05) is 4.90 Å². The topological polar surface area (TPSA) is 84.7 Å². The molecule has 27 heavy (non-hydrogen) atoms. The first-order valence-electron chi connectivity index (χ1n) is 10.3. The number of carbonyl (C=O) groups excluding carboxylic acids is 2. The van der Waals surface area contributed by atoms with Crippen molar-refractivity contribution in [1.82, 2.24) is 15.4 Å². The van der Waals surface area contributed by atoms with Gasteiger partial charge in [-0.2, -0.15) is 0 Å². The monoisotopic (exact) mass is 375 g/mol. The van der Waals surface area contributed by atoms with Crippen molar-refractivity contribution in [2.24, 2.45) is 11.8 Å². The molecule has 0 spiro atoms. The lowest BCUT2D eigenvalue weighted by Gasteiger charge is -2.27. The van der Waals surface area contributed by atoms with Gasteiger partial charge in [-0.15, -0.1) is 0 Å². The Morgan fingerprint density at radius 2 is 1.96 bits per heavy atom. The van der Waals surface area contributed by atoms with Gasteiger partial charge in [-0.1, -0.05) is 18.0 Å². The number of nitrogens with one attached hydrogen (secondary N) is 1. The summed E-state index contributed by atoms with van der Waals surface area (Å²) < 4.78 is 11.1. The van der Waals surface area contributed by atoms with Crippen LogP contribution >= 0.6 is 0 Å². The Morgan fingerprint density at radius 3 is 2.67 bits per heavy atom. The molecule has 0 radical (unpaired) electrons. The van der Waals surface area contributed by atoms with E-state index in [-0.39, 0.29) is 29.5 Å². The number of carbonyl (C=O) groups is 2. The largest absolute Gasteiger partial charge is 0.376 e. The minimum absolute atomic E-state index is 0.0968. The summed E-state index contributed by atoms with van der Waals surface area (Å²) in [5.74, 6) is 1.25. The van der Waals surface area contributed by atoms with Crippen molar-refractivity contribution < 1.29 is 18.8 Å². The first kappa shape index (κ1) is 18.5. The highest BCUT2D eigenvalue weighted by molar-refractivity contribution is 5.92. The summed E-state index contributed by atoms with van der Waals surface area (Å²) in [6.07, 6.45) is 8.68. The predicted molar refractivity (Wildman–Crippen MR) is 97.9 cm³/mol. The molecule has 2 aliphatic carbocycles. The smallest absolute Gasteiger partial charge is 0.273 e. The third-order valence-electron chi connectivity index (χ3n) is 5.85. The van der Waals surface area contributed by atoms with Crippen LogP contribution in [0.25, 0.3) is 0 Å². The molecule has 1 atom stereocenters. The molecule has 4 rings (SSSR count). The van der Waals surface area contributed by atoms with Crippen LogP contribution in [0.15, 0.2) is 10.6 Å². The minimum atomic E-state index is -0.204. The van der Waals surface area contributed by atoms with Crippen LogP contribution in [0.4, 0.5) is 0 Å². The van der Waals surface area contributed by atoms with E-state index in [2.05, 4.69) is 10.5 Å². The lowest BCUT2D eigenvalue weighted by Crippen LogP contribution is -2.39. The Balaban J connectivity index is 1.38. The number of hydrogen-bond acceptors (Lipinski definition) is 5. The van der Waals surface area contributed by atoms with E-state index in [0.29, 0.717) is 31.3 Å². The van der Waals surface area contributed by atoms with Crippen LogP contribution < -0.4 is 5.32 Å². The summed E-state index contributed by atoms with van der Waals surface area (Å²) in [5.41, 5.74) is 0.288. The van der Waals surface area contributed by atoms with Crippen molar-refractivity contribution in [2.75, 3.05) is 19.7 Å². The number of amides is 2. The maximum Gasteiger partial charge on any atom is 0.273 e. The van der Waals surface area contributed by atoms with Crippen molar-refractivity contribution in [3.63, 3.8) is 0 Å². The Kier molecular flexibility index (Phi) is 5.76. The molecule has 7 nitrogen and oxygen atoms in total. The van der Waals surface area contributed by atoms with Gasteiger partial charge in [-0.05, 0) is 44.4 Å². The molecule has 1 aliphatic heterocycles. The van der Waals surface area contributed by atoms with Gasteiger partial charge in [0, 0.05) is 31.7 Å². The van der Waals surface area contributed by atoms with Gasteiger partial charge in [0.15, 0.2) is 11.5 Å². The van der Waals surface area contributed by atoms with Gasteiger partial charge in [-0.3, -0.25) is 9.59 Å². The molecule has 1 N–H and O–H groups in total. The summed E-state index contributed by atoms with van der Waals surface area (Å²) in [7, 11) is 0. The highest BCUT2D eigenvalue weighted by Gasteiger charge is 2.31. The van der Waals surface area contributed by atoms with Gasteiger partial charge in [0.25, 0.3) is 5.91 Å². The summed E-state index contributed by atoms with van der Waals surface area (Å²) in [4.78, 5) is 27.0. The number of ether oxygens (including phenoxy) is 1. The third kappa shape index (κ3) is 4.89. The fraction of sp³-hybridized carbons (Fsp3) is 0.750. The zero-order valence-electron chi connectivity index (χ0n) is 15.8. The molecule has 2 saturated carbocycles. The van der Waals surface area contributed by atoms with Crippen LogP contribution in [0, 0.1) is 11.8 Å². The Labute approximate surface area is 159 Å². The molecule has 0 aromatic carbocycles. The molecule has 1 saturated heterocycles. The van der Waals surface area contributed by atoms with Crippen molar-refractivity contribution in [3.8, 4) is 0 Å². The molecule has 148 valence electrons. The maximum atomic E-state index is 13.0. The second kappa shape index (κ2) is 8.42. The zero-order chi connectivity index (χ0) is 18.6. The molecule has 2 heterocycles. The van der Waals surface area contributed by atoms with Crippen molar-refractivity contribution in [1.29, 1.82) is 0 Å². The molecule has 1 aromatic rings. The minimum Gasteiger partial charge on any atom is -0.376 e. The zero-order valence-corrected chi connectivity index (χ0v) is 15.8. The fourth-order valence-electron chi connectivity index (χ4n) is 4.03. The van der Waals surface area contributed by atoms with E-state index in [1.165, 1.54) is 12.8 Å². The molecule has 1 unspecified atom stereocenters. The van der Waals surface area contributed by atoms with Crippen LogP contribution in [0.2, 0.25) is 0 Å². The quantitative estimate of drug-likeness (QED) is 0.755. The van der Waals surface area contributed by atoms with Crippen LogP contribution in [-0.4, -0.2) is 47.7 Å². The normalized spacial score (nSPS) is 22.9. The lowest BCUT2D eigenvalue weighted by molar-refractivity contribution is -0.138. The second-order valence-electron chi connectivity index (χ2n) is 8.17. The summed E-state index contributed by atoms with van der Waals surface area (Å²) in [5, 5.41) is 6.79. The number of nitrogens with zero attached hydrogens (tertiary/aromatic N) is 2. The van der Waals surface area contributed by atoms with E-state index in [4.69, 9.17) is 9.26 Å². The molecule has 0 bridgehead atoms. The predicted octanol–water partition coefficient (Wildman–Crippen LogP) is 2.51. The van der Waals surface area contributed by atoms with Gasteiger partial charge in [0.05, 0.1) is 12.6 Å². The van der Waals surface area contributed by atoms with E-state index in [1.54, 1.807) is 6.07 Å². The van der Waals surface area contributed by atoms with Crippen molar-refractivity contribution in [2.45, 2.75) is 64.0 Å². The van der Waals surface area contributed by atoms with Crippen molar-refractivity contribution in [3.05, 3.63) is 17.5 Å². The first-order valence-corrected chi connectivity index (χ1v) is 10.3. The number of rotatable bonds is 8. The Bertz CT molecular complexity index is 658.